The summed E-state index contributed by atoms with van der Waals surface area (Å²) < 4.78 is 9.84. The van der Waals surface area contributed by atoms with Crippen LogP contribution in [0.25, 0.3) is 0 Å². The van der Waals surface area contributed by atoms with Crippen molar-refractivity contribution in [2.75, 3.05) is 13.2 Å². The topological polar surface area (TPSA) is 38.8 Å². The highest BCUT2D eigenvalue weighted by molar-refractivity contribution is 6.52. The van der Waals surface area contributed by atoms with Crippen molar-refractivity contribution in [3.8, 4) is 0 Å². The first-order chi connectivity index (χ1) is 9.60. The Morgan fingerprint density at radius 1 is 1.40 bits per heavy atom. The minimum Gasteiger partial charge on any atom is -0.445 e. The summed E-state index contributed by atoms with van der Waals surface area (Å²) in [6.45, 7) is 1.35. The number of carbonyl (C=O) groups excluding carboxylic acids is 1. The average molecular weight is 316 g/mol. The van der Waals surface area contributed by atoms with Gasteiger partial charge >= 0.3 is 6.09 Å². The van der Waals surface area contributed by atoms with E-state index in [-0.39, 0.29) is 18.8 Å². The third-order valence-electron chi connectivity index (χ3n) is 3.57. The molecular formula is C14H15Cl2NO3. The number of halogens is 2. The Balaban J connectivity index is 1.62. The predicted octanol–water partition coefficient (Wildman–Crippen LogP) is 2.97. The molecule has 2 fully saturated rings. The number of amides is 1. The van der Waals surface area contributed by atoms with Gasteiger partial charge in [0.2, 0.25) is 0 Å². The molecule has 1 aliphatic carbocycles. The lowest BCUT2D eigenvalue weighted by Gasteiger charge is -2.21. The van der Waals surface area contributed by atoms with E-state index >= 15 is 0 Å². The van der Waals surface area contributed by atoms with Crippen molar-refractivity contribution >= 4 is 29.3 Å². The molecule has 0 radical (unpaired) electrons. The van der Waals surface area contributed by atoms with Crippen molar-refractivity contribution in [2.45, 2.75) is 29.5 Å². The van der Waals surface area contributed by atoms with Gasteiger partial charge in [-0.3, -0.25) is 4.90 Å². The van der Waals surface area contributed by atoms with Crippen LogP contribution in [0.4, 0.5) is 4.79 Å². The summed E-state index contributed by atoms with van der Waals surface area (Å²) in [7, 11) is 0. The number of benzene rings is 1. The lowest BCUT2D eigenvalue weighted by Crippen LogP contribution is -2.37. The van der Waals surface area contributed by atoms with Gasteiger partial charge < -0.3 is 9.47 Å². The summed E-state index contributed by atoms with van der Waals surface area (Å²) in [4.78, 5) is 13.8. The van der Waals surface area contributed by atoms with Gasteiger partial charge in [0.05, 0.1) is 6.04 Å². The predicted molar refractivity (Wildman–Crippen MR) is 75.9 cm³/mol. The highest BCUT2D eigenvalue weighted by Crippen LogP contribution is 2.53. The highest BCUT2D eigenvalue weighted by atomic mass is 35.5. The van der Waals surface area contributed by atoms with E-state index in [0.29, 0.717) is 13.2 Å². The van der Waals surface area contributed by atoms with Gasteiger partial charge in [-0.15, -0.1) is 0 Å². The Bertz CT molecular complexity index is 494. The van der Waals surface area contributed by atoms with Gasteiger partial charge in [0.1, 0.15) is 12.7 Å². The molecule has 20 heavy (non-hydrogen) atoms. The zero-order valence-electron chi connectivity index (χ0n) is 10.8. The molecule has 1 heterocycles. The quantitative estimate of drug-likeness (QED) is 0.788. The van der Waals surface area contributed by atoms with E-state index < -0.39 is 10.4 Å². The maximum Gasteiger partial charge on any atom is 0.410 e. The van der Waals surface area contributed by atoms with Gasteiger partial charge in [0, 0.05) is 13.2 Å². The fraction of sp³-hybridized carbons (Fsp3) is 0.500. The second kappa shape index (κ2) is 5.43. The molecule has 0 aromatic heterocycles. The zero-order valence-corrected chi connectivity index (χ0v) is 12.3. The molecule has 3 rings (SSSR count). The number of carbonyl (C=O) groups is 1. The lowest BCUT2D eigenvalue weighted by molar-refractivity contribution is 0.0902. The maximum atomic E-state index is 12.2. The monoisotopic (exact) mass is 315 g/mol. The van der Waals surface area contributed by atoms with E-state index in [2.05, 4.69) is 0 Å². The molecule has 1 saturated carbocycles. The Hall–Kier alpha value is -0.970. The van der Waals surface area contributed by atoms with E-state index in [4.69, 9.17) is 32.7 Å². The van der Waals surface area contributed by atoms with Crippen molar-refractivity contribution in [3.05, 3.63) is 35.9 Å². The first-order valence-corrected chi connectivity index (χ1v) is 7.33. The van der Waals surface area contributed by atoms with Crippen molar-refractivity contribution in [2.24, 2.45) is 0 Å². The summed E-state index contributed by atoms with van der Waals surface area (Å²) in [6, 6.07) is 9.24. The van der Waals surface area contributed by atoms with E-state index in [1.807, 2.05) is 30.3 Å². The molecule has 2 atom stereocenters. The molecule has 0 spiro atoms. The molecule has 2 unspecified atom stereocenters. The normalized spacial score (nSPS) is 27.4. The van der Waals surface area contributed by atoms with Crippen LogP contribution in [0.15, 0.2) is 30.3 Å². The SMILES string of the molecule is O=C(OCc1ccccc1)N1CCCOC2C1C2(Cl)Cl. The van der Waals surface area contributed by atoms with E-state index in [1.54, 1.807) is 4.90 Å². The largest absolute Gasteiger partial charge is 0.445 e. The third-order valence-corrected chi connectivity index (χ3v) is 4.44. The first kappa shape index (κ1) is 14.0. The van der Waals surface area contributed by atoms with Crippen molar-refractivity contribution in [1.29, 1.82) is 0 Å². The summed E-state index contributed by atoms with van der Waals surface area (Å²) in [5.74, 6) is 0. The van der Waals surface area contributed by atoms with Crippen LogP contribution in [0, 0.1) is 0 Å². The van der Waals surface area contributed by atoms with Gasteiger partial charge in [-0.05, 0) is 12.0 Å². The van der Waals surface area contributed by atoms with Crippen molar-refractivity contribution in [3.63, 3.8) is 0 Å². The Labute approximate surface area is 127 Å². The summed E-state index contributed by atoms with van der Waals surface area (Å²) in [5.41, 5.74) is 0.947. The lowest BCUT2D eigenvalue weighted by atomic mass is 10.2. The molecule has 1 aromatic rings. The van der Waals surface area contributed by atoms with E-state index in [0.717, 1.165) is 12.0 Å². The molecule has 2 aliphatic rings. The zero-order chi connectivity index (χ0) is 14.2. The summed E-state index contributed by atoms with van der Waals surface area (Å²) >= 11 is 12.3. The molecule has 0 bridgehead atoms. The van der Waals surface area contributed by atoms with Crippen LogP contribution in [0.1, 0.15) is 12.0 Å². The smallest absolute Gasteiger partial charge is 0.410 e. The molecule has 1 saturated heterocycles. The second-order valence-electron chi connectivity index (χ2n) is 5.00. The van der Waals surface area contributed by atoms with Crippen LogP contribution in [0.5, 0.6) is 0 Å². The standard InChI is InChI=1S/C14H15Cl2NO3/c15-14(16)11-12(14)19-8-4-7-17(11)13(18)20-9-10-5-2-1-3-6-10/h1-3,5-6,11-12H,4,7-9H2. The number of nitrogens with zero attached hydrogens (tertiary/aromatic N) is 1. The van der Waals surface area contributed by atoms with Crippen LogP contribution >= 0.6 is 23.2 Å². The Morgan fingerprint density at radius 2 is 2.15 bits per heavy atom. The fourth-order valence-electron chi connectivity index (χ4n) is 2.45. The van der Waals surface area contributed by atoms with Gasteiger partial charge in [-0.25, -0.2) is 4.79 Å². The molecule has 6 heteroatoms. The molecule has 1 aromatic carbocycles. The van der Waals surface area contributed by atoms with Gasteiger partial charge in [0.25, 0.3) is 0 Å². The maximum absolute atomic E-state index is 12.2. The molecule has 1 aliphatic heterocycles. The van der Waals surface area contributed by atoms with Gasteiger partial charge in [-0.1, -0.05) is 53.5 Å². The molecular weight excluding hydrogens is 301 g/mol. The number of hydrogen-bond acceptors (Lipinski definition) is 3. The molecule has 1 amide bonds. The third kappa shape index (κ3) is 2.60. The first-order valence-electron chi connectivity index (χ1n) is 6.57. The molecule has 108 valence electrons. The van der Waals surface area contributed by atoms with Gasteiger partial charge in [0.15, 0.2) is 4.33 Å². The highest BCUT2D eigenvalue weighted by Gasteiger charge is 2.69. The van der Waals surface area contributed by atoms with Crippen molar-refractivity contribution in [1.82, 2.24) is 4.90 Å². The number of hydrogen-bond donors (Lipinski definition) is 0. The second-order valence-corrected chi connectivity index (χ2v) is 6.44. The van der Waals surface area contributed by atoms with Crippen LogP contribution < -0.4 is 0 Å². The van der Waals surface area contributed by atoms with Crippen molar-refractivity contribution < 1.29 is 14.3 Å². The number of alkyl halides is 2. The van der Waals surface area contributed by atoms with Crippen LogP contribution in [-0.2, 0) is 16.1 Å². The fourth-order valence-corrected chi connectivity index (χ4v) is 3.15. The minimum atomic E-state index is -1.01. The van der Waals surface area contributed by atoms with E-state index in [1.165, 1.54) is 0 Å². The van der Waals surface area contributed by atoms with Crippen LogP contribution in [-0.4, -0.2) is 40.6 Å². The minimum absolute atomic E-state index is 0.242. The van der Waals surface area contributed by atoms with Crippen LogP contribution in [0.2, 0.25) is 0 Å². The number of ether oxygens (including phenoxy) is 2. The number of rotatable bonds is 2. The molecule has 4 nitrogen and oxygen atoms in total. The van der Waals surface area contributed by atoms with Crippen LogP contribution in [0.3, 0.4) is 0 Å². The summed E-state index contributed by atoms with van der Waals surface area (Å²) in [5, 5.41) is 0. The van der Waals surface area contributed by atoms with Gasteiger partial charge in [-0.2, -0.15) is 0 Å². The molecule has 0 N–H and O–H groups in total. The average Bonchev–Trinajstić information content (AvgIpc) is 3.07. The summed E-state index contributed by atoms with van der Waals surface area (Å²) in [6.07, 6.45) is 0.0623. The Morgan fingerprint density at radius 3 is 2.90 bits per heavy atom. The Kier molecular flexibility index (Phi) is 3.80. The number of fused-ring (bicyclic) bond motifs is 1. The van der Waals surface area contributed by atoms with E-state index in [9.17, 15) is 4.79 Å².